The predicted molar refractivity (Wildman–Crippen MR) is 68.3 cm³/mol. The number of aliphatic hydroxyl groups is 1. The summed E-state index contributed by atoms with van der Waals surface area (Å²) in [7, 11) is 0. The highest BCUT2D eigenvalue weighted by Gasteiger charge is 2.34. The van der Waals surface area contributed by atoms with E-state index in [4.69, 9.17) is 4.74 Å². The Kier molecular flexibility index (Phi) is 4.45. The van der Waals surface area contributed by atoms with E-state index in [0.29, 0.717) is 6.54 Å². The minimum absolute atomic E-state index is 0.0975. The summed E-state index contributed by atoms with van der Waals surface area (Å²) < 4.78 is 5.15. The van der Waals surface area contributed by atoms with Crippen LogP contribution in [0.4, 0.5) is 4.79 Å². The van der Waals surface area contributed by atoms with E-state index in [1.165, 1.54) is 0 Å². The lowest BCUT2D eigenvalue weighted by Gasteiger charge is -2.38. The number of rotatable bonds is 4. The van der Waals surface area contributed by atoms with Crippen molar-refractivity contribution >= 4 is 6.03 Å². The van der Waals surface area contributed by atoms with Gasteiger partial charge in [-0.3, -0.25) is 0 Å². The minimum Gasteiger partial charge on any atom is -0.396 e. The van der Waals surface area contributed by atoms with Crippen LogP contribution in [0.2, 0.25) is 0 Å². The molecule has 18 heavy (non-hydrogen) atoms. The molecule has 0 bridgehead atoms. The van der Waals surface area contributed by atoms with Crippen LogP contribution in [0.15, 0.2) is 0 Å². The van der Waals surface area contributed by atoms with Crippen molar-refractivity contribution < 1.29 is 14.6 Å². The van der Waals surface area contributed by atoms with E-state index in [1.54, 1.807) is 0 Å². The van der Waals surface area contributed by atoms with Crippen LogP contribution in [0, 0.1) is 11.3 Å². The molecule has 2 atom stereocenters. The van der Waals surface area contributed by atoms with Crippen LogP contribution in [0.25, 0.3) is 0 Å². The molecule has 1 aliphatic carbocycles. The first-order valence-corrected chi connectivity index (χ1v) is 6.86. The second-order valence-electron chi connectivity index (χ2n) is 5.96. The largest absolute Gasteiger partial charge is 0.396 e. The summed E-state index contributed by atoms with van der Waals surface area (Å²) in [5, 5.41) is 15.2. The standard InChI is InChI=1S/C13H24N2O3/c1-13(8-18-9-13)7-14-12(17)15-11-5-3-2-4-10(11)6-16/h10-11,16H,2-9H2,1H3,(H2,14,15,17). The molecule has 0 aromatic heterocycles. The third kappa shape index (κ3) is 3.36. The average Bonchev–Trinajstić information content (AvgIpc) is 2.35. The minimum atomic E-state index is -0.117. The van der Waals surface area contributed by atoms with Crippen molar-refractivity contribution in [3.05, 3.63) is 0 Å². The fourth-order valence-corrected chi connectivity index (χ4v) is 2.68. The van der Waals surface area contributed by atoms with E-state index in [-0.39, 0.29) is 30.0 Å². The molecule has 0 radical (unpaired) electrons. The zero-order valence-corrected chi connectivity index (χ0v) is 11.1. The zero-order chi connectivity index (χ0) is 13.0. The Hall–Kier alpha value is -0.810. The number of nitrogens with one attached hydrogen (secondary N) is 2. The van der Waals surface area contributed by atoms with E-state index < -0.39 is 0 Å². The second kappa shape index (κ2) is 5.89. The van der Waals surface area contributed by atoms with Gasteiger partial charge in [-0.25, -0.2) is 4.79 Å². The van der Waals surface area contributed by atoms with Crippen LogP contribution < -0.4 is 10.6 Å². The summed E-state index contributed by atoms with van der Waals surface area (Å²) in [6.07, 6.45) is 4.26. The summed E-state index contributed by atoms with van der Waals surface area (Å²) >= 11 is 0. The van der Waals surface area contributed by atoms with Crippen molar-refractivity contribution in [2.75, 3.05) is 26.4 Å². The number of amides is 2. The number of aliphatic hydroxyl groups excluding tert-OH is 1. The molecule has 5 heteroatoms. The smallest absolute Gasteiger partial charge is 0.315 e. The number of hydrogen-bond acceptors (Lipinski definition) is 3. The highest BCUT2D eigenvalue weighted by atomic mass is 16.5. The molecule has 2 rings (SSSR count). The van der Waals surface area contributed by atoms with E-state index in [1.807, 2.05) is 0 Å². The molecule has 2 fully saturated rings. The van der Waals surface area contributed by atoms with E-state index in [2.05, 4.69) is 17.6 Å². The van der Waals surface area contributed by atoms with Gasteiger partial charge in [0, 0.05) is 30.5 Å². The van der Waals surface area contributed by atoms with Crippen LogP contribution in [0.3, 0.4) is 0 Å². The number of carbonyl (C=O) groups is 1. The number of hydrogen-bond donors (Lipinski definition) is 3. The fraction of sp³-hybridized carbons (Fsp3) is 0.923. The Bertz CT molecular complexity index is 292. The molecular weight excluding hydrogens is 232 g/mol. The topological polar surface area (TPSA) is 70.6 Å². The third-order valence-corrected chi connectivity index (χ3v) is 4.04. The molecule has 0 spiro atoms. The number of urea groups is 1. The molecule has 1 aliphatic heterocycles. The molecule has 2 amide bonds. The van der Waals surface area contributed by atoms with Gasteiger partial charge in [-0.05, 0) is 12.8 Å². The van der Waals surface area contributed by atoms with Crippen molar-refractivity contribution in [1.82, 2.24) is 10.6 Å². The first kappa shape index (κ1) is 13.6. The molecular formula is C13H24N2O3. The first-order chi connectivity index (χ1) is 8.63. The Balaban J connectivity index is 1.72. The predicted octanol–water partition coefficient (Wildman–Crippen LogP) is 0.873. The molecule has 0 aromatic rings. The quantitative estimate of drug-likeness (QED) is 0.699. The van der Waals surface area contributed by atoms with Gasteiger partial charge in [-0.2, -0.15) is 0 Å². The van der Waals surface area contributed by atoms with E-state index in [0.717, 1.165) is 38.9 Å². The van der Waals surface area contributed by atoms with Crippen molar-refractivity contribution in [2.24, 2.45) is 11.3 Å². The normalized spacial score (nSPS) is 30.3. The number of ether oxygens (including phenoxy) is 1. The van der Waals surface area contributed by atoms with E-state index in [9.17, 15) is 9.90 Å². The maximum absolute atomic E-state index is 11.8. The highest BCUT2D eigenvalue weighted by Crippen LogP contribution is 2.25. The van der Waals surface area contributed by atoms with Crippen LogP contribution in [0.1, 0.15) is 32.6 Å². The molecule has 2 aliphatic rings. The molecule has 3 N–H and O–H groups in total. The lowest BCUT2D eigenvalue weighted by atomic mass is 9.85. The van der Waals surface area contributed by atoms with Gasteiger partial charge in [0.15, 0.2) is 0 Å². The highest BCUT2D eigenvalue weighted by molar-refractivity contribution is 5.74. The third-order valence-electron chi connectivity index (χ3n) is 4.04. The Morgan fingerprint density at radius 3 is 2.72 bits per heavy atom. The van der Waals surface area contributed by atoms with Crippen LogP contribution >= 0.6 is 0 Å². The van der Waals surface area contributed by atoms with Gasteiger partial charge >= 0.3 is 6.03 Å². The van der Waals surface area contributed by atoms with Crippen LogP contribution in [-0.2, 0) is 4.74 Å². The first-order valence-electron chi connectivity index (χ1n) is 6.86. The Morgan fingerprint density at radius 1 is 1.39 bits per heavy atom. The molecule has 1 heterocycles. The summed E-state index contributed by atoms with van der Waals surface area (Å²) in [4.78, 5) is 11.8. The van der Waals surface area contributed by atoms with Gasteiger partial charge in [0.25, 0.3) is 0 Å². The molecule has 0 aromatic carbocycles. The van der Waals surface area contributed by atoms with Crippen molar-refractivity contribution in [2.45, 2.75) is 38.6 Å². The van der Waals surface area contributed by atoms with Gasteiger partial charge in [-0.1, -0.05) is 19.8 Å². The lowest BCUT2D eigenvalue weighted by molar-refractivity contribution is -0.0976. The van der Waals surface area contributed by atoms with Gasteiger partial charge in [0.1, 0.15) is 0 Å². The average molecular weight is 256 g/mol. The second-order valence-corrected chi connectivity index (χ2v) is 5.96. The van der Waals surface area contributed by atoms with E-state index >= 15 is 0 Å². The molecule has 1 saturated carbocycles. The van der Waals surface area contributed by atoms with Gasteiger partial charge in [0.05, 0.1) is 13.2 Å². The molecule has 2 unspecified atom stereocenters. The van der Waals surface area contributed by atoms with Crippen LogP contribution in [0.5, 0.6) is 0 Å². The zero-order valence-electron chi connectivity index (χ0n) is 11.1. The lowest BCUT2D eigenvalue weighted by Crippen LogP contribution is -2.53. The summed E-state index contributed by atoms with van der Waals surface area (Å²) in [5.41, 5.74) is 0.0975. The van der Waals surface area contributed by atoms with Crippen LogP contribution in [-0.4, -0.2) is 43.5 Å². The molecule has 104 valence electrons. The molecule has 5 nitrogen and oxygen atoms in total. The van der Waals surface area contributed by atoms with Gasteiger partial charge in [-0.15, -0.1) is 0 Å². The molecule has 1 saturated heterocycles. The van der Waals surface area contributed by atoms with Crippen molar-refractivity contribution in [1.29, 1.82) is 0 Å². The maximum Gasteiger partial charge on any atom is 0.315 e. The summed E-state index contributed by atoms with van der Waals surface area (Å²) in [5.74, 6) is 0.215. The van der Waals surface area contributed by atoms with Crippen molar-refractivity contribution in [3.63, 3.8) is 0 Å². The maximum atomic E-state index is 11.8. The summed E-state index contributed by atoms with van der Waals surface area (Å²) in [6.45, 7) is 4.35. The Morgan fingerprint density at radius 2 is 2.11 bits per heavy atom. The number of carbonyl (C=O) groups excluding carboxylic acids is 1. The Labute approximate surface area is 108 Å². The fourth-order valence-electron chi connectivity index (χ4n) is 2.68. The van der Waals surface area contributed by atoms with Crippen molar-refractivity contribution in [3.8, 4) is 0 Å². The van der Waals surface area contributed by atoms with Gasteiger partial charge in [0.2, 0.25) is 0 Å². The SMILES string of the molecule is CC1(CNC(=O)NC2CCCCC2CO)COC1. The summed E-state index contributed by atoms with van der Waals surface area (Å²) in [6, 6.07) is 0.00247. The van der Waals surface area contributed by atoms with Gasteiger partial charge < -0.3 is 20.5 Å². The monoisotopic (exact) mass is 256 g/mol.